The van der Waals surface area contributed by atoms with E-state index in [1.165, 1.54) is 12.0 Å². The Morgan fingerprint density at radius 1 is 1.26 bits per heavy atom. The third-order valence-corrected chi connectivity index (χ3v) is 7.88. The van der Waals surface area contributed by atoms with Crippen molar-refractivity contribution in [2.24, 2.45) is 16.7 Å². The first kappa shape index (κ1) is 20.6. The van der Waals surface area contributed by atoms with E-state index in [2.05, 4.69) is 47.3 Å². The number of ether oxygens (including phenoxy) is 2. The number of carbonyl (C=O) groups is 1. The first-order valence-corrected chi connectivity index (χ1v) is 10.8. The summed E-state index contributed by atoms with van der Waals surface area (Å²) in [5, 5.41) is 0. The molecular formula is C24H38O3. The van der Waals surface area contributed by atoms with E-state index in [0.717, 1.165) is 32.1 Å². The van der Waals surface area contributed by atoms with E-state index in [9.17, 15) is 4.79 Å². The van der Waals surface area contributed by atoms with Crippen LogP contribution in [0, 0.1) is 16.7 Å². The van der Waals surface area contributed by atoms with Gasteiger partial charge in [-0.1, -0.05) is 40.2 Å². The van der Waals surface area contributed by atoms with Gasteiger partial charge in [0.15, 0.2) is 0 Å². The second kappa shape index (κ2) is 6.76. The lowest BCUT2D eigenvalue weighted by Gasteiger charge is -2.62. The summed E-state index contributed by atoms with van der Waals surface area (Å²) < 4.78 is 12.9. The van der Waals surface area contributed by atoms with Crippen LogP contribution in [0.3, 0.4) is 0 Å². The minimum atomic E-state index is -0.286. The first-order valence-electron chi connectivity index (χ1n) is 10.8. The highest BCUT2D eigenvalue weighted by Gasteiger charge is 2.66. The Bertz CT molecular complexity index is 648. The number of hydrogen-bond acceptors (Lipinski definition) is 3. The number of rotatable bonds is 4. The second-order valence-corrected chi connectivity index (χ2v) is 10.2. The van der Waals surface area contributed by atoms with Crippen molar-refractivity contribution in [2.45, 2.75) is 104 Å². The molecule has 3 heteroatoms. The van der Waals surface area contributed by atoms with Crippen molar-refractivity contribution in [1.82, 2.24) is 0 Å². The summed E-state index contributed by atoms with van der Waals surface area (Å²) in [5.41, 5.74) is 0.719. The quantitative estimate of drug-likeness (QED) is 0.448. The van der Waals surface area contributed by atoms with Crippen LogP contribution in [0.5, 0.6) is 0 Å². The van der Waals surface area contributed by atoms with E-state index in [-0.39, 0.29) is 40.0 Å². The molecule has 3 nitrogen and oxygen atoms in total. The average Bonchev–Trinajstić information content (AvgIpc) is 2.93. The van der Waals surface area contributed by atoms with Crippen LogP contribution < -0.4 is 0 Å². The molecule has 2 fully saturated rings. The summed E-state index contributed by atoms with van der Waals surface area (Å²) >= 11 is 0. The average molecular weight is 375 g/mol. The van der Waals surface area contributed by atoms with E-state index in [1.807, 2.05) is 13.0 Å². The van der Waals surface area contributed by atoms with Gasteiger partial charge in [0.1, 0.15) is 6.10 Å². The minimum Gasteiger partial charge on any atom is -0.458 e. The lowest BCUT2D eigenvalue weighted by Crippen LogP contribution is -2.63. The van der Waals surface area contributed by atoms with E-state index < -0.39 is 0 Å². The Hall–Kier alpha value is -1.09. The van der Waals surface area contributed by atoms with Gasteiger partial charge in [-0.25, -0.2) is 0 Å². The highest BCUT2D eigenvalue weighted by atomic mass is 16.5. The summed E-state index contributed by atoms with van der Waals surface area (Å²) in [6.45, 7) is 17.5. The van der Waals surface area contributed by atoms with Crippen molar-refractivity contribution in [3.63, 3.8) is 0 Å². The molecule has 27 heavy (non-hydrogen) atoms. The third kappa shape index (κ3) is 3.10. The third-order valence-electron chi connectivity index (χ3n) is 7.88. The molecule has 0 unspecified atom stereocenters. The van der Waals surface area contributed by atoms with Crippen molar-refractivity contribution in [3.05, 3.63) is 24.3 Å². The van der Waals surface area contributed by atoms with Crippen molar-refractivity contribution < 1.29 is 14.3 Å². The number of hydrogen-bond donors (Lipinski definition) is 0. The van der Waals surface area contributed by atoms with E-state index in [1.54, 1.807) is 0 Å². The van der Waals surface area contributed by atoms with E-state index in [4.69, 9.17) is 9.47 Å². The van der Waals surface area contributed by atoms with Gasteiger partial charge in [0.2, 0.25) is 0 Å². The number of esters is 1. The Labute approximate surface area is 165 Å². The highest BCUT2D eigenvalue weighted by Crippen LogP contribution is 2.66. The molecule has 0 aromatic carbocycles. The standard InChI is InChI=1S/C24H38O3/c1-8-11-19(25)26-18-16-17(3)24(15-14-22(6,9-2)27-24)23(7)13-10-12-21(4,5)20(18)23/h9,16,18,20H,2,8,10-15H2,1,3-7H3/t18-,20-,22+,23-,24+/m0/s1. The molecule has 0 aromatic heterocycles. The maximum Gasteiger partial charge on any atom is 0.306 e. The normalized spacial score (nSPS) is 43.1. The molecular weight excluding hydrogens is 336 g/mol. The number of fused-ring (bicyclic) bond motifs is 2. The molecule has 0 amide bonds. The molecule has 0 bridgehead atoms. The first-order chi connectivity index (χ1) is 12.5. The van der Waals surface area contributed by atoms with Crippen LogP contribution in [0.2, 0.25) is 0 Å². The van der Waals surface area contributed by atoms with E-state index in [0.29, 0.717) is 6.42 Å². The van der Waals surface area contributed by atoms with Crippen LogP contribution in [0.4, 0.5) is 0 Å². The molecule has 1 aliphatic heterocycles. The maximum atomic E-state index is 12.4. The van der Waals surface area contributed by atoms with Crippen LogP contribution in [-0.4, -0.2) is 23.3 Å². The maximum absolute atomic E-state index is 12.4. The molecule has 0 aromatic rings. The molecule has 1 saturated carbocycles. The van der Waals surface area contributed by atoms with Gasteiger partial charge >= 0.3 is 5.97 Å². The molecule has 1 saturated heterocycles. The molecule has 3 rings (SSSR count). The van der Waals surface area contributed by atoms with Gasteiger partial charge in [0.05, 0.1) is 11.2 Å². The van der Waals surface area contributed by atoms with Crippen molar-refractivity contribution in [1.29, 1.82) is 0 Å². The largest absolute Gasteiger partial charge is 0.458 e. The zero-order valence-electron chi connectivity index (χ0n) is 18.2. The Morgan fingerprint density at radius 2 is 1.96 bits per heavy atom. The molecule has 1 spiro atoms. The second-order valence-electron chi connectivity index (χ2n) is 10.2. The lowest BCUT2D eigenvalue weighted by atomic mass is 9.46. The smallest absolute Gasteiger partial charge is 0.306 e. The number of carbonyl (C=O) groups excluding carboxylic acids is 1. The molecule has 3 aliphatic rings. The fraction of sp³-hybridized carbons (Fsp3) is 0.792. The van der Waals surface area contributed by atoms with Crippen LogP contribution in [0.1, 0.15) is 86.5 Å². The Kier molecular flexibility index (Phi) is 5.16. The van der Waals surface area contributed by atoms with Gasteiger partial charge in [0, 0.05) is 17.8 Å². The van der Waals surface area contributed by atoms with Gasteiger partial charge in [-0.3, -0.25) is 4.79 Å². The Balaban J connectivity index is 2.08. The molecule has 1 heterocycles. The van der Waals surface area contributed by atoms with Gasteiger partial charge in [-0.15, -0.1) is 6.58 Å². The van der Waals surface area contributed by atoms with Crippen LogP contribution in [0.15, 0.2) is 24.3 Å². The van der Waals surface area contributed by atoms with Crippen LogP contribution in [0.25, 0.3) is 0 Å². The van der Waals surface area contributed by atoms with Crippen LogP contribution >= 0.6 is 0 Å². The fourth-order valence-electron chi connectivity index (χ4n) is 6.54. The van der Waals surface area contributed by atoms with Gasteiger partial charge in [0.25, 0.3) is 0 Å². The van der Waals surface area contributed by atoms with Gasteiger partial charge < -0.3 is 9.47 Å². The van der Waals surface area contributed by atoms with Crippen molar-refractivity contribution >= 4 is 5.97 Å². The fourth-order valence-corrected chi connectivity index (χ4v) is 6.54. The molecule has 0 radical (unpaired) electrons. The zero-order chi connectivity index (χ0) is 20.1. The molecule has 5 atom stereocenters. The monoisotopic (exact) mass is 374 g/mol. The van der Waals surface area contributed by atoms with Gasteiger partial charge in [-0.05, 0) is 63.0 Å². The summed E-state index contributed by atoms with van der Waals surface area (Å²) in [7, 11) is 0. The SMILES string of the molecule is C=C[C@]1(C)CC[C@@]2(O1)C(C)=C[C@H](OC(=O)CCC)[C@H]1C(C)(C)CCC[C@@]12C. The summed E-state index contributed by atoms with van der Waals surface area (Å²) in [6, 6.07) is 0. The Morgan fingerprint density at radius 3 is 2.56 bits per heavy atom. The summed E-state index contributed by atoms with van der Waals surface area (Å²) in [4.78, 5) is 12.4. The van der Waals surface area contributed by atoms with Crippen molar-refractivity contribution in [2.75, 3.05) is 0 Å². The predicted octanol–water partition coefficient (Wildman–Crippen LogP) is 5.98. The van der Waals surface area contributed by atoms with E-state index >= 15 is 0 Å². The highest BCUT2D eigenvalue weighted by molar-refractivity contribution is 5.69. The van der Waals surface area contributed by atoms with Gasteiger partial charge in [-0.2, -0.15) is 0 Å². The van der Waals surface area contributed by atoms with Crippen molar-refractivity contribution in [3.8, 4) is 0 Å². The predicted molar refractivity (Wildman–Crippen MR) is 109 cm³/mol. The van der Waals surface area contributed by atoms with Crippen LogP contribution in [-0.2, 0) is 14.3 Å². The zero-order valence-corrected chi connectivity index (χ0v) is 18.2. The lowest BCUT2D eigenvalue weighted by molar-refractivity contribution is -0.207. The summed E-state index contributed by atoms with van der Waals surface area (Å²) in [6.07, 6.45) is 10.8. The molecule has 152 valence electrons. The molecule has 0 N–H and O–H groups in total. The summed E-state index contributed by atoms with van der Waals surface area (Å²) in [5.74, 6) is 0.185. The molecule has 2 aliphatic carbocycles. The topological polar surface area (TPSA) is 35.5 Å². The minimum absolute atomic E-state index is 0.0501.